The molecule has 0 atom stereocenters. The number of rotatable bonds is 4. The molecule has 0 saturated heterocycles. The van der Waals surface area contributed by atoms with Gasteiger partial charge in [-0.25, -0.2) is 0 Å². The van der Waals surface area contributed by atoms with Gasteiger partial charge in [-0.3, -0.25) is 0 Å². The van der Waals surface area contributed by atoms with Crippen molar-refractivity contribution in [2.24, 2.45) is 5.92 Å². The lowest BCUT2D eigenvalue weighted by molar-refractivity contribution is -0.889. The summed E-state index contributed by atoms with van der Waals surface area (Å²) in [6.07, 6.45) is 1.35. The Morgan fingerprint density at radius 3 is 2.00 bits per heavy atom. The minimum atomic E-state index is 0.851. The van der Waals surface area contributed by atoms with E-state index < -0.39 is 0 Å². The van der Waals surface area contributed by atoms with Crippen molar-refractivity contribution in [1.82, 2.24) is 0 Å². The average molecular weight is 144 g/mol. The third-order valence-corrected chi connectivity index (χ3v) is 2.17. The van der Waals surface area contributed by atoms with Gasteiger partial charge in [-0.1, -0.05) is 13.8 Å². The Bertz CT molecular complexity index is 84.7. The Labute approximate surface area is 65.6 Å². The summed E-state index contributed by atoms with van der Waals surface area (Å²) in [6.45, 7) is 9.38. The lowest BCUT2D eigenvalue weighted by Gasteiger charge is -2.28. The van der Waals surface area contributed by atoms with E-state index in [4.69, 9.17) is 0 Å². The fourth-order valence-corrected chi connectivity index (χ4v) is 0.766. The molecule has 0 unspecified atom stereocenters. The molecule has 0 rings (SSSR count). The zero-order valence-electron chi connectivity index (χ0n) is 8.15. The molecule has 1 heteroatoms. The molecule has 0 spiro atoms. The predicted molar refractivity (Wildman–Crippen MR) is 47.0 cm³/mol. The zero-order valence-corrected chi connectivity index (χ0v) is 8.15. The molecule has 0 aromatic heterocycles. The molecule has 1 nitrogen and oxygen atoms in total. The minimum absolute atomic E-state index is 0.851. The third-order valence-electron chi connectivity index (χ3n) is 2.17. The Morgan fingerprint density at radius 2 is 1.70 bits per heavy atom. The number of nitrogens with zero attached hydrogens (tertiary/aromatic N) is 1. The first-order chi connectivity index (χ1) is 4.48. The van der Waals surface area contributed by atoms with Gasteiger partial charge in [0.1, 0.15) is 0 Å². The van der Waals surface area contributed by atoms with Crippen LogP contribution >= 0.6 is 0 Å². The normalized spacial score (nSPS) is 12.6. The number of hydrogen-bond donors (Lipinski definition) is 0. The SMILES string of the molecule is CC[N+](C)(C)CCC(C)C. The van der Waals surface area contributed by atoms with Crippen LogP contribution in [0.4, 0.5) is 0 Å². The zero-order chi connectivity index (χ0) is 8.20. The van der Waals surface area contributed by atoms with Gasteiger partial charge >= 0.3 is 0 Å². The van der Waals surface area contributed by atoms with Crippen molar-refractivity contribution in [2.75, 3.05) is 27.2 Å². The van der Waals surface area contributed by atoms with Gasteiger partial charge in [0.2, 0.25) is 0 Å². The van der Waals surface area contributed by atoms with Crippen LogP contribution in [0.25, 0.3) is 0 Å². The lowest BCUT2D eigenvalue weighted by Crippen LogP contribution is -2.40. The second kappa shape index (κ2) is 3.97. The molecule has 0 aliphatic rings. The Balaban J connectivity index is 3.46. The first kappa shape index (κ1) is 9.96. The maximum absolute atomic E-state index is 2.29. The second-order valence-corrected chi connectivity index (χ2v) is 4.16. The summed E-state index contributed by atoms with van der Waals surface area (Å²) < 4.78 is 1.16. The molecule has 0 bridgehead atoms. The molecule has 0 aromatic rings. The molecule has 62 valence electrons. The van der Waals surface area contributed by atoms with E-state index in [0.717, 1.165) is 10.4 Å². The van der Waals surface area contributed by atoms with Gasteiger partial charge in [0.05, 0.1) is 27.2 Å². The summed E-state index contributed by atoms with van der Waals surface area (Å²) in [5, 5.41) is 0. The van der Waals surface area contributed by atoms with E-state index in [1.807, 2.05) is 0 Å². The predicted octanol–water partition coefficient (Wildman–Crippen LogP) is 2.13. The second-order valence-electron chi connectivity index (χ2n) is 4.16. The van der Waals surface area contributed by atoms with Crippen LogP contribution in [0.15, 0.2) is 0 Å². The Morgan fingerprint density at radius 1 is 1.20 bits per heavy atom. The molecule has 0 aliphatic carbocycles. The highest BCUT2D eigenvalue weighted by molar-refractivity contribution is 4.42. The molecule has 0 heterocycles. The number of hydrogen-bond acceptors (Lipinski definition) is 0. The van der Waals surface area contributed by atoms with Gasteiger partial charge in [-0.15, -0.1) is 0 Å². The average Bonchev–Trinajstić information content (AvgIpc) is 1.85. The van der Waals surface area contributed by atoms with E-state index in [-0.39, 0.29) is 0 Å². The highest BCUT2D eigenvalue weighted by Gasteiger charge is 2.11. The summed E-state index contributed by atoms with van der Waals surface area (Å²) >= 11 is 0. The molecule has 0 amide bonds. The van der Waals surface area contributed by atoms with E-state index in [1.54, 1.807) is 0 Å². The minimum Gasteiger partial charge on any atom is -0.329 e. The molecule has 0 saturated carbocycles. The largest absolute Gasteiger partial charge is 0.329 e. The number of quaternary nitrogens is 1. The molecular formula is C9H22N+. The molecule has 0 N–H and O–H groups in total. The fourth-order valence-electron chi connectivity index (χ4n) is 0.766. The maximum Gasteiger partial charge on any atom is 0.0784 e. The van der Waals surface area contributed by atoms with Gasteiger partial charge in [0.15, 0.2) is 0 Å². The van der Waals surface area contributed by atoms with Crippen LogP contribution in [0, 0.1) is 5.92 Å². The van der Waals surface area contributed by atoms with Crippen molar-refractivity contribution < 1.29 is 4.48 Å². The highest BCUT2D eigenvalue weighted by atomic mass is 15.3. The molecule has 0 aromatic carbocycles. The molecule has 0 aliphatic heterocycles. The van der Waals surface area contributed by atoms with Crippen LogP contribution in [0.2, 0.25) is 0 Å². The fraction of sp³-hybridized carbons (Fsp3) is 1.00. The van der Waals surface area contributed by atoms with Crippen molar-refractivity contribution in [2.45, 2.75) is 27.2 Å². The quantitative estimate of drug-likeness (QED) is 0.530. The molecule has 0 radical (unpaired) electrons. The smallest absolute Gasteiger partial charge is 0.0784 e. The molecular weight excluding hydrogens is 122 g/mol. The van der Waals surface area contributed by atoms with E-state index >= 15 is 0 Å². The summed E-state index contributed by atoms with van der Waals surface area (Å²) in [5.74, 6) is 0.851. The van der Waals surface area contributed by atoms with Crippen LogP contribution in [-0.2, 0) is 0 Å². The van der Waals surface area contributed by atoms with Crippen molar-refractivity contribution >= 4 is 0 Å². The van der Waals surface area contributed by atoms with Crippen molar-refractivity contribution in [3.63, 3.8) is 0 Å². The lowest BCUT2D eigenvalue weighted by atomic mass is 10.1. The van der Waals surface area contributed by atoms with E-state index in [1.165, 1.54) is 19.5 Å². The molecule has 10 heavy (non-hydrogen) atoms. The summed E-state index contributed by atoms with van der Waals surface area (Å²) in [6, 6.07) is 0. The van der Waals surface area contributed by atoms with Crippen molar-refractivity contribution in [3.05, 3.63) is 0 Å². The van der Waals surface area contributed by atoms with Gasteiger partial charge in [-0.2, -0.15) is 0 Å². The first-order valence-corrected chi connectivity index (χ1v) is 4.30. The van der Waals surface area contributed by atoms with Crippen molar-refractivity contribution in [3.8, 4) is 0 Å². The van der Waals surface area contributed by atoms with Crippen LogP contribution in [0.5, 0.6) is 0 Å². The summed E-state index contributed by atoms with van der Waals surface area (Å²) in [4.78, 5) is 0. The third kappa shape index (κ3) is 4.80. The first-order valence-electron chi connectivity index (χ1n) is 4.30. The Hall–Kier alpha value is -0.0400. The van der Waals surface area contributed by atoms with Gasteiger partial charge < -0.3 is 4.48 Å². The van der Waals surface area contributed by atoms with Crippen molar-refractivity contribution in [1.29, 1.82) is 0 Å². The summed E-state index contributed by atoms with van der Waals surface area (Å²) in [5.41, 5.74) is 0. The monoisotopic (exact) mass is 144 g/mol. The van der Waals surface area contributed by atoms with E-state index in [0.29, 0.717) is 0 Å². The van der Waals surface area contributed by atoms with Gasteiger partial charge in [0.25, 0.3) is 0 Å². The maximum atomic E-state index is 2.29. The van der Waals surface area contributed by atoms with E-state index in [2.05, 4.69) is 34.9 Å². The van der Waals surface area contributed by atoms with Gasteiger partial charge in [0, 0.05) is 0 Å². The highest BCUT2D eigenvalue weighted by Crippen LogP contribution is 2.05. The van der Waals surface area contributed by atoms with Gasteiger partial charge in [-0.05, 0) is 19.3 Å². The molecule has 0 fully saturated rings. The standard InChI is InChI=1S/C9H22N/c1-6-10(4,5)8-7-9(2)3/h9H,6-8H2,1-5H3/q+1. The van der Waals surface area contributed by atoms with Crippen LogP contribution in [0.3, 0.4) is 0 Å². The van der Waals surface area contributed by atoms with Crippen LogP contribution < -0.4 is 0 Å². The van der Waals surface area contributed by atoms with E-state index in [9.17, 15) is 0 Å². The Kier molecular flexibility index (Phi) is 3.95. The van der Waals surface area contributed by atoms with Crippen LogP contribution in [-0.4, -0.2) is 31.7 Å². The summed E-state index contributed by atoms with van der Waals surface area (Å²) in [7, 11) is 4.59. The topological polar surface area (TPSA) is 0 Å². The van der Waals surface area contributed by atoms with Crippen LogP contribution in [0.1, 0.15) is 27.2 Å².